The van der Waals surface area contributed by atoms with Crippen molar-refractivity contribution in [2.75, 3.05) is 44.3 Å². The molecule has 0 radical (unpaired) electrons. The Morgan fingerprint density at radius 1 is 0.974 bits per heavy atom. The minimum Gasteiger partial charge on any atom is -0.495 e. The lowest BCUT2D eigenvalue weighted by Crippen LogP contribution is -2.41. The number of amides is 1. The lowest BCUT2D eigenvalue weighted by molar-refractivity contribution is -0.119. The van der Waals surface area contributed by atoms with Crippen molar-refractivity contribution in [2.45, 2.75) is 31.8 Å². The molecule has 1 fully saturated rings. The van der Waals surface area contributed by atoms with E-state index >= 15 is 0 Å². The van der Waals surface area contributed by atoms with Crippen LogP contribution in [0.15, 0.2) is 71.6 Å². The van der Waals surface area contributed by atoms with Crippen LogP contribution < -0.4 is 14.4 Å². The summed E-state index contributed by atoms with van der Waals surface area (Å²) in [6.07, 6.45) is 0. The van der Waals surface area contributed by atoms with Crippen LogP contribution in [0.25, 0.3) is 0 Å². The first kappa shape index (κ1) is 27.6. The zero-order valence-electron chi connectivity index (χ0n) is 22.1. The molecule has 8 nitrogen and oxygen atoms in total. The van der Waals surface area contributed by atoms with Gasteiger partial charge in [0.1, 0.15) is 12.3 Å². The second kappa shape index (κ2) is 12.4. The highest BCUT2D eigenvalue weighted by Gasteiger charge is 2.29. The summed E-state index contributed by atoms with van der Waals surface area (Å²) in [5.41, 5.74) is 4.22. The van der Waals surface area contributed by atoms with Crippen molar-refractivity contribution in [1.29, 1.82) is 0 Å². The van der Waals surface area contributed by atoms with Crippen molar-refractivity contribution < 1.29 is 22.7 Å². The first-order valence-corrected chi connectivity index (χ1v) is 14.1. The number of anilines is 1. The van der Waals surface area contributed by atoms with Crippen LogP contribution in [0.1, 0.15) is 22.3 Å². The van der Waals surface area contributed by atoms with Crippen LogP contribution in [0, 0.1) is 13.8 Å². The summed E-state index contributed by atoms with van der Waals surface area (Å²) in [4.78, 5) is 15.6. The van der Waals surface area contributed by atoms with Gasteiger partial charge in [-0.15, -0.1) is 0 Å². The maximum absolute atomic E-state index is 13.7. The molecule has 1 saturated heterocycles. The van der Waals surface area contributed by atoms with E-state index in [-0.39, 0.29) is 11.4 Å². The molecule has 9 heteroatoms. The number of sulfonamides is 1. The maximum Gasteiger partial charge on any atom is 0.264 e. The fraction of sp³-hybridized carbons (Fsp3) is 0.345. The van der Waals surface area contributed by atoms with Crippen LogP contribution >= 0.6 is 0 Å². The van der Waals surface area contributed by atoms with E-state index < -0.39 is 15.9 Å². The number of benzene rings is 3. The summed E-state index contributed by atoms with van der Waals surface area (Å²) in [5.74, 6) is -0.0438. The average Bonchev–Trinajstić information content (AvgIpc) is 2.91. The lowest BCUT2D eigenvalue weighted by Gasteiger charge is -2.27. The van der Waals surface area contributed by atoms with Gasteiger partial charge in [-0.3, -0.25) is 14.0 Å². The molecular weight excluding hydrogens is 502 g/mol. The summed E-state index contributed by atoms with van der Waals surface area (Å²) in [6.45, 7) is 7.75. The molecule has 0 saturated carbocycles. The summed E-state index contributed by atoms with van der Waals surface area (Å²) in [5, 5.41) is 2.90. The molecule has 0 atom stereocenters. The van der Waals surface area contributed by atoms with Gasteiger partial charge in [0.05, 0.1) is 30.9 Å². The normalized spacial score (nSPS) is 14.2. The van der Waals surface area contributed by atoms with Crippen LogP contribution in [0.4, 0.5) is 5.69 Å². The third kappa shape index (κ3) is 6.92. The summed E-state index contributed by atoms with van der Waals surface area (Å²) < 4.78 is 39.5. The van der Waals surface area contributed by atoms with Gasteiger partial charge in [-0.25, -0.2) is 8.42 Å². The van der Waals surface area contributed by atoms with Crippen LogP contribution in [0.2, 0.25) is 0 Å². The number of rotatable bonds is 10. The van der Waals surface area contributed by atoms with E-state index in [4.69, 9.17) is 9.47 Å². The number of nitrogens with one attached hydrogen (secondary N) is 1. The number of nitrogens with zero attached hydrogens (tertiary/aromatic N) is 2. The van der Waals surface area contributed by atoms with Crippen molar-refractivity contribution in [3.8, 4) is 5.75 Å². The fourth-order valence-electron chi connectivity index (χ4n) is 4.37. The van der Waals surface area contributed by atoms with Gasteiger partial charge in [0.25, 0.3) is 10.0 Å². The molecule has 1 amide bonds. The second-order valence-corrected chi connectivity index (χ2v) is 11.3. The maximum atomic E-state index is 13.7. The summed E-state index contributed by atoms with van der Waals surface area (Å²) >= 11 is 0. The van der Waals surface area contributed by atoms with Crippen molar-refractivity contribution in [3.05, 3.63) is 89.0 Å². The topological polar surface area (TPSA) is 88.2 Å². The van der Waals surface area contributed by atoms with Crippen molar-refractivity contribution in [1.82, 2.24) is 10.2 Å². The van der Waals surface area contributed by atoms with E-state index in [1.807, 2.05) is 32.0 Å². The fourth-order valence-corrected chi connectivity index (χ4v) is 5.80. The molecule has 3 aromatic rings. The largest absolute Gasteiger partial charge is 0.495 e. The minimum absolute atomic E-state index is 0.107. The van der Waals surface area contributed by atoms with E-state index in [2.05, 4.69) is 22.3 Å². The summed E-state index contributed by atoms with van der Waals surface area (Å²) in [7, 11) is -2.56. The van der Waals surface area contributed by atoms with Crippen molar-refractivity contribution in [2.24, 2.45) is 0 Å². The molecule has 1 aliphatic heterocycles. The van der Waals surface area contributed by atoms with Gasteiger partial charge in [0, 0.05) is 26.2 Å². The number of methoxy groups -OCH3 is 1. The minimum atomic E-state index is -4.04. The Hall–Kier alpha value is -3.40. The first-order valence-electron chi connectivity index (χ1n) is 12.6. The highest BCUT2D eigenvalue weighted by Crippen LogP contribution is 2.33. The molecule has 1 N–H and O–H groups in total. The van der Waals surface area contributed by atoms with E-state index in [1.165, 1.54) is 7.11 Å². The molecule has 1 heterocycles. The third-order valence-corrected chi connectivity index (χ3v) is 8.26. The summed E-state index contributed by atoms with van der Waals surface area (Å²) in [6, 6.07) is 19.9. The van der Waals surface area contributed by atoms with Crippen LogP contribution in [-0.2, 0) is 32.6 Å². The number of hydrogen-bond donors (Lipinski definition) is 1. The predicted molar refractivity (Wildman–Crippen MR) is 148 cm³/mol. The monoisotopic (exact) mass is 537 g/mol. The number of aryl methyl sites for hydroxylation is 2. The van der Waals surface area contributed by atoms with Gasteiger partial charge in [-0.2, -0.15) is 0 Å². The third-order valence-electron chi connectivity index (χ3n) is 6.49. The van der Waals surface area contributed by atoms with E-state index in [0.29, 0.717) is 18.0 Å². The number of carbonyl (C=O) groups is 1. The predicted octanol–water partition coefficient (Wildman–Crippen LogP) is 3.66. The molecule has 0 unspecified atom stereocenters. The van der Waals surface area contributed by atoms with Crippen molar-refractivity contribution in [3.63, 3.8) is 0 Å². The quantitative estimate of drug-likeness (QED) is 0.425. The molecule has 1 aliphatic rings. The lowest BCUT2D eigenvalue weighted by atomic mass is 10.1. The standard InChI is InChI=1S/C29H35N3O5S/c1-22-7-10-26(11-8-22)38(34,35)32(27-17-23(2)9-12-28(27)36-3)21-29(33)30-19-24-5-4-6-25(18-24)20-31-13-15-37-16-14-31/h4-12,17-18H,13-16,19-21H2,1-3H3,(H,30,33). The molecule has 0 spiro atoms. The van der Waals surface area contributed by atoms with Gasteiger partial charge in [0.2, 0.25) is 5.91 Å². The van der Waals surface area contributed by atoms with Gasteiger partial charge < -0.3 is 14.8 Å². The molecule has 4 rings (SSSR count). The number of carbonyl (C=O) groups excluding carboxylic acids is 1. The Labute approximate surface area is 225 Å². The smallest absolute Gasteiger partial charge is 0.264 e. The number of ether oxygens (including phenoxy) is 2. The Balaban J connectivity index is 1.52. The molecule has 3 aromatic carbocycles. The molecule has 0 aliphatic carbocycles. The average molecular weight is 538 g/mol. The van der Waals surface area contributed by atoms with Gasteiger partial charge in [-0.05, 0) is 54.8 Å². The zero-order valence-corrected chi connectivity index (χ0v) is 23.0. The Morgan fingerprint density at radius 2 is 1.66 bits per heavy atom. The van der Waals surface area contributed by atoms with Gasteiger partial charge >= 0.3 is 0 Å². The highest BCUT2D eigenvalue weighted by atomic mass is 32.2. The zero-order chi connectivity index (χ0) is 27.1. The van der Waals surface area contributed by atoms with Crippen LogP contribution in [-0.4, -0.2) is 59.2 Å². The van der Waals surface area contributed by atoms with Crippen LogP contribution in [0.3, 0.4) is 0 Å². The molecule has 0 bridgehead atoms. The molecular formula is C29H35N3O5S. The van der Waals surface area contributed by atoms with E-state index in [0.717, 1.165) is 59.4 Å². The molecule has 202 valence electrons. The Bertz CT molecular complexity index is 1350. The van der Waals surface area contributed by atoms with Crippen molar-refractivity contribution >= 4 is 21.6 Å². The Morgan fingerprint density at radius 3 is 2.37 bits per heavy atom. The number of morpholine rings is 1. The Kier molecular flexibility index (Phi) is 9.04. The van der Waals surface area contributed by atoms with E-state index in [9.17, 15) is 13.2 Å². The van der Waals surface area contributed by atoms with Crippen LogP contribution in [0.5, 0.6) is 5.75 Å². The van der Waals surface area contributed by atoms with E-state index in [1.54, 1.807) is 36.4 Å². The highest BCUT2D eigenvalue weighted by molar-refractivity contribution is 7.92. The molecule has 0 aromatic heterocycles. The van der Waals surface area contributed by atoms with Gasteiger partial charge in [0.15, 0.2) is 0 Å². The molecule has 38 heavy (non-hydrogen) atoms. The number of hydrogen-bond acceptors (Lipinski definition) is 6. The van der Waals surface area contributed by atoms with Gasteiger partial charge in [-0.1, -0.05) is 48.0 Å². The first-order chi connectivity index (χ1) is 18.3. The SMILES string of the molecule is COc1ccc(C)cc1N(CC(=O)NCc1cccc(CN2CCOCC2)c1)S(=O)(=O)c1ccc(C)cc1. The second-order valence-electron chi connectivity index (χ2n) is 9.49.